The summed E-state index contributed by atoms with van der Waals surface area (Å²) in [5, 5.41) is 0. The molecule has 0 bridgehead atoms. The standard InChI is InChI=1S/C24H42O/c1-2-3-4-5-6-19-7-9-20(10-8-19)11-12-21-13-14-23-18-24(25)16-15-22(23)17-21/h19-23H,2-18H2,1H3. The number of carbonyl (C=O) groups excluding carboxylic acids is 1. The van der Waals surface area contributed by atoms with Crippen molar-refractivity contribution in [1.82, 2.24) is 0 Å². The van der Waals surface area contributed by atoms with Crippen LogP contribution in [0.4, 0.5) is 0 Å². The Kier molecular flexibility index (Phi) is 7.87. The number of rotatable bonds is 8. The second kappa shape index (κ2) is 10.1. The number of hydrogen-bond acceptors (Lipinski definition) is 1. The van der Waals surface area contributed by atoms with Gasteiger partial charge in [0.05, 0.1) is 0 Å². The third-order valence-corrected chi connectivity index (χ3v) is 7.95. The van der Waals surface area contributed by atoms with Gasteiger partial charge in [-0.25, -0.2) is 0 Å². The molecule has 3 saturated carbocycles. The van der Waals surface area contributed by atoms with Crippen molar-refractivity contribution >= 4 is 5.78 Å². The van der Waals surface area contributed by atoms with E-state index >= 15 is 0 Å². The molecule has 25 heavy (non-hydrogen) atoms. The second-order valence-corrected chi connectivity index (χ2v) is 9.79. The molecule has 0 aromatic rings. The Bertz CT molecular complexity index is 393. The van der Waals surface area contributed by atoms with Crippen LogP contribution in [-0.4, -0.2) is 5.78 Å². The first kappa shape index (κ1) is 19.4. The highest BCUT2D eigenvalue weighted by Gasteiger charge is 2.35. The fourth-order valence-electron chi connectivity index (χ4n) is 6.19. The summed E-state index contributed by atoms with van der Waals surface area (Å²) >= 11 is 0. The molecule has 1 nitrogen and oxygen atoms in total. The van der Waals surface area contributed by atoms with Crippen LogP contribution in [0.25, 0.3) is 0 Å². The van der Waals surface area contributed by atoms with Gasteiger partial charge in [-0.1, -0.05) is 84.0 Å². The summed E-state index contributed by atoms with van der Waals surface area (Å²) in [6, 6.07) is 0. The van der Waals surface area contributed by atoms with Crippen LogP contribution in [0.15, 0.2) is 0 Å². The van der Waals surface area contributed by atoms with E-state index < -0.39 is 0 Å². The van der Waals surface area contributed by atoms with Crippen LogP contribution in [0.1, 0.15) is 116 Å². The summed E-state index contributed by atoms with van der Waals surface area (Å²) in [4.78, 5) is 11.7. The van der Waals surface area contributed by atoms with Crippen molar-refractivity contribution in [3.8, 4) is 0 Å². The van der Waals surface area contributed by atoms with E-state index in [2.05, 4.69) is 6.92 Å². The highest BCUT2D eigenvalue weighted by molar-refractivity contribution is 5.79. The maximum Gasteiger partial charge on any atom is 0.133 e. The van der Waals surface area contributed by atoms with Crippen LogP contribution < -0.4 is 0 Å². The number of hydrogen-bond donors (Lipinski definition) is 0. The Morgan fingerprint density at radius 1 is 0.720 bits per heavy atom. The minimum Gasteiger partial charge on any atom is -0.300 e. The maximum absolute atomic E-state index is 11.7. The van der Waals surface area contributed by atoms with Crippen LogP contribution >= 0.6 is 0 Å². The Morgan fingerprint density at radius 3 is 2.16 bits per heavy atom. The van der Waals surface area contributed by atoms with Gasteiger partial charge in [-0.15, -0.1) is 0 Å². The molecule has 0 amide bonds. The zero-order valence-corrected chi connectivity index (χ0v) is 16.8. The molecule has 144 valence electrons. The number of Topliss-reactive ketones (excluding diaryl/α,β-unsaturated/α-hetero) is 1. The van der Waals surface area contributed by atoms with E-state index in [1.165, 1.54) is 96.3 Å². The van der Waals surface area contributed by atoms with Gasteiger partial charge in [0.25, 0.3) is 0 Å². The summed E-state index contributed by atoms with van der Waals surface area (Å²) < 4.78 is 0. The average Bonchev–Trinajstić information content (AvgIpc) is 2.64. The highest BCUT2D eigenvalue weighted by Crippen LogP contribution is 2.44. The molecule has 3 rings (SSSR count). The number of ketones is 1. The Morgan fingerprint density at radius 2 is 1.40 bits per heavy atom. The lowest BCUT2D eigenvalue weighted by Crippen LogP contribution is -2.31. The van der Waals surface area contributed by atoms with Gasteiger partial charge in [-0.2, -0.15) is 0 Å². The summed E-state index contributed by atoms with van der Waals surface area (Å²) in [6.45, 7) is 2.31. The Balaban J connectivity index is 1.28. The summed E-state index contributed by atoms with van der Waals surface area (Å²) in [5.41, 5.74) is 0. The van der Waals surface area contributed by atoms with Crippen LogP contribution in [0.3, 0.4) is 0 Å². The fourth-order valence-corrected chi connectivity index (χ4v) is 6.19. The van der Waals surface area contributed by atoms with Crippen molar-refractivity contribution in [2.75, 3.05) is 0 Å². The summed E-state index contributed by atoms with van der Waals surface area (Å²) in [6.07, 6.45) is 23.6. The minimum absolute atomic E-state index is 0.547. The van der Waals surface area contributed by atoms with Crippen molar-refractivity contribution < 1.29 is 4.79 Å². The van der Waals surface area contributed by atoms with Gasteiger partial charge in [0.15, 0.2) is 0 Å². The van der Waals surface area contributed by atoms with Crippen molar-refractivity contribution in [2.24, 2.45) is 29.6 Å². The zero-order valence-electron chi connectivity index (χ0n) is 16.8. The lowest BCUT2D eigenvalue weighted by atomic mass is 9.66. The first-order valence-electron chi connectivity index (χ1n) is 11.8. The van der Waals surface area contributed by atoms with Gasteiger partial charge in [-0.3, -0.25) is 4.79 Å². The lowest BCUT2D eigenvalue weighted by Gasteiger charge is -2.39. The predicted molar refractivity (Wildman–Crippen MR) is 107 cm³/mol. The molecule has 0 aliphatic heterocycles. The van der Waals surface area contributed by atoms with Crippen LogP contribution in [0.2, 0.25) is 0 Å². The molecule has 0 spiro atoms. The molecule has 3 unspecified atom stereocenters. The van der Waals surface area contributed by atoms with E-state index in [4.69, 9.17) is 0 Å². The molecule has 3 atom stereocenters. The Hall–Kier alpha value is -0.330. The largest absolute Gasteiger partial charge is 0.300 e. The first-order valence-corrected chi connectivity index (χ1v) is 11.8. The molecule has 3 aliphatic carbocycles. The van der Waals surface area contributed by atoms with Gasteiger partial charge in [0.1, 0.15) is 5.78 Å². The van der Waals surface area contributed by atoms with E-state index in [9.17, 15) is 4.79 Å². The fraction of sp³-hybridized carbons (Fsp3) is 0.958. The van der Waals surface area contributed by atoms with Crippen LogP contribution in [-0.2, 0) is 4.79 Å². The van der Waals surface area contributed by atoms with Crippen LogP contribution in [0.5, 0.6) is 0 Å². The predicted octanol–water partition coefficient (Wildman–Crippen LogP) is 7.33. The van der Waals surface area contributed by atoms with Gasteiger partial charge in [-0.05, 0) is 48.9 Å². The summed E-state index contributed by atoms with van der Waals surface area (Å²) in [7, 11) is 0. The average molecular weight is 347 g/mol. The third-order valence-electron chi connectivity index (χ3n) is 7.95. The monoisotopic (exact) mass is 346 g/mol. The number of fused-ring (bicyclic) bond motifs is 1. The van der Waals surface area contributed by atoms with Gasteiger partial charge >= 0.3 is 0 Å². The van der Waals surface area contributed by atoms with Crippen molar-refractivity contribution in [3.05, 3.63) is 0 Å². The van der Waals surface area contributed by atoms with Crippen molar-refractivity contribution in [2.45, 2.75) is 116 Å². The van der Waals surface area contributed by atoms with Crippen LogP contribution in [0, 0.1) is 29.6 Å². The molecule has 0 aromatic carbocycles. The number of unbranched alkanes of at least 4 members (excludes halogenated alkanes) is 3. The second-order valence-electron chi connectivity index (χ2n) is 9.79. The molecule has 1 heteroatoms. The van der Waals surface area contributed by atoms with E-state index in [0.717, 1.165) is 42.4 Å². The lowest BCUT2D eigenvalue weighted by molar-refractivity contribution is -0.123. The van der Waals surface area contributed by atoms with E-state index in [1.807, 2.05) is 0 Å². The first-order chi connectivity index (χ1) is 12.2. The van der Waals surface area contributed by atoms with Gasteiger partial charge < -0.3 is 0 Å². The van der Waals surface area contributed by atoms with Crippen molar-refractivity contribution in [3.63, 3.8) is 0 Å². The maximum atomic E-state index is 11.7. The molecule has 3 fully saturated rings. The van der Waals surface area contributed by atoms with E-state index in [0.29, 0.717) is 5.78 Å². The molecule has 3 aliphatic rings. The molecule has 0 N–H and O–H groups in total. The highest BCUT2D eigenvalue weighted by atomic mass is 16.1. The van der Waals surface area contributed by atoms with Gasteiger partial charge in [0.2, 0.25) is 0 Å². The number of carbonyl (C=O) groups is 1. The third kappa shape index (κ3) is 6.10. The molecule has 0 heterocycles. The topological polar surface area (TPSA) is 17.1 Å². The SMILES string of the molecule is CCCCCCC1CCC(CCC2CCC3CC(=O)CCC3C2)CC1. The minimum atomic E-state index is 0.547. The summed E-state index contributed by atoms with van der Waals surface area (Å²) in [5.74, 6) is 5.30. The quantitative estimate of drug-likeness (QED) is 0.420. The molecular formula is C24H42O. The molecule has 0 radical (unpaired) electrons. The van der Waals surface area contributed by atoms with Gasteiger partial charge in [0, 0.05) is 12.8 Å². The Labute approximate surface area is 156 Å². The molecular weight excluding hydrogens is 304 g/mol. The molecule has 0 aromatic heterocycles. The van der Waals surface area contributed by atoms with Crippen molar-refractivity contribution in [1.29, 1.82) is 0 Å². The zero-order chi connectivity index (χ0) is 17.5. The van der Waals surface area contributed by atoms with E-state index in [-0.39, 0.29) is 0 Å². The smallest absolute Gasteiger partial charge is 0.133 e. The van der Waals surface area contributed by atoms with E-state index in [1.54, 1.807) is 0 Å². The normalized spacial score (nSPS) is 36.2. The molecule has 0 saturated heterocycles.